The molecule has 96 valence electrons. The van der Waals surface area contributed by atoms with Crippen molar-refractivity contribution in [3.05, 3.63) is 65.7 Å². The smallest absolute Gasteiger partial charge is 0 e. The molecule has 0 amide bonds. The summed E-state index contributed by atoms with van der Waals surface area (Å²) in [7, 11) is 0. The van der Waals surface area contributed by atoms with Gasteiger partial charge in [0.05, 0.1) is 0 Å². The monoisotopic (exact) mass is 368 g/mol. The van der Waals surface area contributed by atoms with Crippen molar-refractivity contribution in [2.75, 3.05) is 0 Å². The topological polar surface area (TPSA) is 0 Å². The molecule has 1 aliphatic rings. The first-order chi connectivity index (χ1) is 9.40. The maximum atomic E-state index is 2.35. The Morgan fingerprint density at radius 1 is 0.857 bits per heavy atom. The van der Waals surface area contributed by atoms with Crippen molar-refractivity contribution in [2.24, 2.45) is 0 Å². The van der Waals surface area contributed by atoms with E-state index in [0.29, 0.717) is 0 Å². The van der Waals surface area contributed by atoms with Gasteiger partial charge in [0, 0.05) is 37.7 Å². The second-order valence-electron chi connectivity index (χ2n) is 4.99. The van der Waals surface area contributed by atoms with Crippen LogP contribution in [-0.2, 0) is 0 Å². The van der Waals surface area contributed by atoms with Crippen LogP contribution in [0.3, 0.4) is 0 Å². The molecule has 0 bridgehead atoms. The zero-order valence-corrected chi connectivity index (χ0v) is 16.2. The van der Waals surface area contributed by atoms with Gasteiger partial charge >= 0.3 is 126 Å². The van der Waals surface area contributed by atoms with E-state index >= 15 is 0 Å². The summed E-state index contributed by atoms with van der Waals surface area (Å²) in [6.07, 6.45) is 3.83. The van der Waals surface area contributed by atoms with Crippen LogP contribution in [0, 0.1) is 0 Å². The van der Waals surface area contributed by atoms with Gasteiger partial charge in [-0.2, -0.15) is 0 Å². The molecule has 0 fully saturated rings. The van der Waals surface area contributed by atoms with Crippen molar-refractivity contribution in [1.29, 1.82) is 0 Å². The van der Waals surface area contributed by atoms with Crippen LogP contribution in [0.25, 0.3) is 9.16 Å². The Bertz CT molecular complexity index is 606. The molecular formula is C18H18Li2Sn. The van der Waals surface area contributed by atoms with Crippen molar-refractivity contribution in [2.45, 2.75) is 26.2 Å². The van der Waals surface area contributed by atoms with Crippen molar-refractivity contribution < 1.29 is 0 Å². The van der Waals surface area contributed by atoms with Crippen LogP contribution in [0.4, 0.5) is 0 Å². The molecule has 0 saturated heterocycles. The first-order valence-electron chi connectivity index (χ1n) is 7.05. The third kappa shape index (κ3) is 4.34. The fourth-order valence-corrected chi connectivity index (χ4v) is 7.06. The van der Waals surface area contributed by atoms with Crippen molar-refractivity contribution in [3.63, 3.8) is 0 Å². The first kappa shape index (κ1) is 19.2. The van der Waals surface area contributed by atoms with E-state index in [-0.39, 0.29) is 37.7 Å². The zero-order valence-electron chi connectivity index (χ0n) is 13.3. The molecule has 0 aromatic heterocycles. The Balaban J connectivity index is 0.00000110. The Morgan fingerprint density at radius 2 is 1.52 bits per heavy atom. The van der Waals surface area contributed by atoms with E-state index in [1.807, 2.05) is 0 Å². The summed E-state index contributed by atoms with van der Waals surface area (Å²) in [6.45, 7) is 2.28. The predicted molar refractivity (Wildman–Crippen MR) is 96.1 cm³/mol. The Morgan fingerprint density at radius 3 is 2.24 bits per heavy atom. The maximum Gasteiger partial charge on any atom is 0 e. The quantitative estimate of drug-likeness (QED) is 0.728. The number of allylic oxidation sites excluding steroid dienone is 1. The molecule has 1 heterocycles. The standard InChI is InChI=1S/C18H18.2Li.Sn/c1-2-3-12-18(17-13-8-5-9-14-17)15-16-10-6-4-7-11-16;;;/h4-11,13H,2-3,12H2,1H3;;;. The van der Waals surface area contributed by atoms with Gasteiger partial charge in [-0.25, -0.2) is 0 Å². The Labute approximate surface area is 162 Å². The van der Waals surface area contributed by atoms with E-state index < -0.39 is 21.1 Å². The van der Waals surface area contributed by atoms with Crippen LogP contribution in [0.15, 0.2) is 54.6 Å². The Hall–Kier alpha value is 0.174. The van der Waals surface area contributed by atoms with Gasteiger partial charge in [0.15, 0.2) is 0 Å². The van der Waals surface area contributed by atoms with Gasteiger partial charge in [0.2, 0.25) is 0 Å². The SMILES string of the molecule is CCCCC1=[C](c2ccccc2)[Sn][c]2ccccc21.[Li].[Li]. The molecule has 4 radical (unpaired) electrons. The van der Waals surface area contributed by atoms with Gasteiger partial charge in [-0.15, -0.1) is 0 Å². The minimum absolute atomic E-state index is 0. The fraction of sp³-hybridized carbons (Fsp3) is 0.222. The van der Waals surface area contributed by atoms with E-state index in [4.69, 9.17) is 0 Å². The number of unbranched alkanes of at least 4 members (excludes halogenated alkanes) is 1. The molecule has 0 saturated carbocycles. The fourth-order valence-electron chi connectivity index (χ4n) is 2.66. The molecule has 1 aliphatic heterocycles. The van der Waals surface area contributed by atoms with E-state index in [1.165, 1.54) is 24.8 Å². The van der Waals surface area contributed by atoms with Gasteiger partial charge in [-0.05, 0) is 0 Å². The molecular weight excluding hydrogens is 349 g/mol. The van der Waals surface area contributed by atoms with E-state index in [2.05, 4.69) is 61.5 Å². The normalized spacial score (nSPS) is 12.4. The molecule has 21 heavy (non-hydrogen) atoms. The van der Waals surface area contributed by atoms with Crippen molar-refractivity contribution in [3.8, 4) is 0 Å². The van der Waals surface area contributed by atoms with Crippen LogP contribution >= 0.6 is 0 Å². The average molecular weight is 367 g/mol. The summed E-state index contributed by atoms with van der Waals surface area (Å²) < 4.78 is 3.37. The number of fused-ring (bicyclic) bond motifs is 1. The van der Waals surface area contributed by atoms with Gasteiger partial charge in [0.1, 0.15) is 0 Å². The van der Waals surface area contributed by atoms with Gasteiger partial charge in [0.25, 0.3) is 0 Å². The summed E-state index contributed by atoms with van der Waals surface area (Å²) in [5.74, 6) is 0. The van der Waals surface area contributed by atoms with Gasteiger partial charge in [-0.3, -0.25) is 0 Å². The molecule has 0 nitrogen and oxygen atoms in total. The van der Waals surface area contributed by atoms with Crippen LogP contribution in [0.2, 0.25) is 0 Å². The largest absolute Gasteiger partial charge is 0 e. The maximum absolute atomic E-state index is 2.35. The number of hydrogen-bond acceptors (Lipinski definition) is 0. The molecule has 0 spiro atoms. The zero-order chi connectivity index (χ0) is 13.1. The summed E-state index contributed by atoms with van der Waals surface area (Å²) in [5.41, 5.74) is 4.67. The molecule has 2 aromatic rings. The minimum atomic E-state index is -0.599. The van der Waals surface area contributed by atoms with E-state index in [9.17, 15) is 0 Å². The number of rotatable bonds is 4. The predicted octanol–water partition coefficient (Wildman–Crippen LogP) is 3.33. The third-order valence-electron chi connectivity index (χ3n) is 3.66. The number of benzene rings is 2. The average Bonchev–Trinajstić information content (AvgIpc) is 2.85. The van der Waals surface area contributed by atoms with E-state index in [0.717, 1.165) is 0 Å². The van der Waals surface area contributed by atoms with Gasteiger partial charge in [-0.1, -0.05) is 0 Å². The van der Waals surface area contributed by atoms with E-state index in [1.54, 1.807) is 18.3 Å². The number of hydrogen-bond donors (Lipinski definition) is 0. The van der Waals surface area contributed by atoms with Crippen LogP contribution < -0.4 is 3.58 Å². The summed E-state index contributed by atoms with van der Waals surface area (Å²) in [6, 6.07) is 20.1. The van der Waals surface area contributed by atoms with Crippen LogP contribution in [0.5, 0.6) is 0 Å². The third-order valence-corrected chi connectivity index (χ3v) is 8.07. The van der Waals surface area contributed by atoms with Crippen molar-refractivity contribution >= 4 is 71.6 Å². The molecule has 3 rings (SSSR count). The van der Waals surface area contributed by atoms with Crippen LogP contribution in [0.1, 0.15) is 37.3 Å². The summed E-state index contributed by atoms with van der Waals surface area (Å²) in [5, 5.41) is 0. The molecule has 0 aliphatic carbocycles. The second-order valence-corrected chi connectivity index (χ2v) is 8.67. The molecule has 0 N–H and O–H groups in total. The van der Waals surface area contributed by atoms with Crippen molar-refractivity contribution in [1.82, 2.24) is 0 Å². The summed E-state index contributed by atoms with van der Waals surface area (Å²) in [4.78, 5) is 0. The Kier molecular flexibility index (Phi) is 8.55. The molecule has 3 heteroatoms. The molecule has 2 aromatic carbocycles. The first-order valence-corrected chi connectivity index (χ1v) is 9.90. The van der Waals surface area contributed by atoms with Crippen LogP contribution in [-0.4, -0.2) is 58.9 Å². The molecule has 0 unspecified atom stereocenters. The minimum Gasteiger partial charge on any atom is 0 e. The molecule has 0 atom stereocenters. The summed E-state index contributed by atoms with van der Waals surface area (Å²) >= 11 is -0.599. The second kappa shape index (κ2) is 9.34. The van der Waals surface area contributed by atoms with Gasteiger partial charge < -0.3 is 0 Å².